The largest absolute Gasteiger partial charge is 0.508 e. The van der Waals surface area contributed by atoms with Crippen LogP contribution in [0.2, 0.25) is 0 Å². The van der Waals surface area contributed by atoms with Gasteiger partial charge in [-0.05, 0) is 188 Å². The number of ketones is 1. The molecule has 0 bridgehead atoms. The van der Waals surface area contributed by atoms with E-state index >= 15 is 0 Å². The van der Waals surface area contributed by atoms with Crippen LogP contribution >= 0.6 is 12.6 Å². The molecule has 0 spiro atoms. The number of nitrogens with zero attached hydrogens (tertiary/aromatic N) is 5. The molecule has 145 heavy (non-hydrogen) atoms. The lowest BCUT2D eigenvalue weighted by Crippen LogP contribution is -2.61. The SMILES string of the molecule is CC(C)CC(=O)N[C@@H](CC(=O)O)C(=O)N[C@H](C(=O)N[C@@H](CC(C)C)C(=O)N[C@@H](CCCCN)C(=O)N[C@@H](CCCCNC(=O)[C@H](CO)NC(=O)[C@H](CC(=O)O)NC(=O)CNC(=O)[C@@H](N)CCCN=C(N)N)C(=O)NCC(=O)N[C@@H](CS)C(=O)O)C(C)O.CNC(=O)[C@H](CC(C)C)NC(=O)[C@H](C)NC(=O)[C@H](CCCN=C(N)N)CC(=O)[C@H](Cc1ccc(O)cc1)NS(=O)(=O)c1ccc(N=Nc2ccc(N(C)C)cc2)cc1. The van der Waals surface area contributed by atoms with Gasteiger partial charge in [-0.3, -0.25) is 91.5 Å². The van der Waals surface area contributed by atoms with Crippen molar-refractivity contribution in [3.63, 3.8) is 0 Å². The summed E-state index contributed by atoms with van der Waals surface area (Å²) in [5, 5.41) is 101. The van der Waals surface area contributed by atoms with Crippen molar-refractivity contribution in [3.05, 3.63) is 78.4 Å². The Morgan fingerprint density at radius 2 is 0.903 bits per heavy atom. The minimum Gasteiger partial charge on any atom is -0.508 e. The topological polar surface area (TPSA) is 852 Å². The number of anilines is 1. The lowest BCUT2D eigenvalue weighted by atomic mass is 9.91. The first-order valence-electron chi connectivity index (χ1n) is 46.9. The molecule has 0 saturated heterocycles. The predicted octanol–water partition coefficient (Wildman–Crippen LogP) is -4.50. The number of sulfonamides is 1. The number of aliphatic carboxylic acids is 3. The first kappa shape index (κ1) is 127. The molecule has 0 radical (unpaired) electrons. The molecule has 14 atom stereocenters. The number of aromatic hydroxyl groups is 1. The van der Waals surface area contributed by atoms with Crippen LogP contribution in [0.5, 0.6) is 5.75 Å². The zero-order valence-corrected chi connectivity index (χ0v) is 85.0. The molecule has 0 aliphatic rings. The Bertz CT molecular complexity index is 4970. The van der Waals surface area contributed by atoms with Crippen molar-refractivity contribution < 1.29 is 125 Å². The molecule has 33 N–H and O–H groups in total. The summed E-state index contributed by atoms with van der Waals surface area (Å²) >= 11 is 3.89. The quantitative estimate of drug-likeness (QED) is 0.00833. The Labute approximate surface area is 846 Å². The number of unbranched alkanes of at least 4 members (excludes halogenated alkanes) is 2. The standard InChI is InChI=1S/C51H90N16O19S.C40H56N10O7S/c1-25(2)17-31(65-49(84)41(27(5)69)67-48(83)33(20-40(75)76)60-36(70)18-26(3)4)46(81)64-30(12-6-8-14-52)45(80)63-29(43(78)59-22-38(72)62-35(24-87)50(85)86)13-7-9-15-56-44(79)34(23-68)66-47(82)32(19-39(73)74)61-37(71)21-58-42(77)28(53)11-10-16-57-51(54)55;1-25(2)22-35(39(55)43-4)46-37(53)26(3)45-38(54)28(8-7-21-44-40(41)42)24-36(52)34(23-27-9-17-32(51)18-10-27)49-58(56,57)33-19-13-30(14-20-33)48-47-29-11-15-31(16-12-29)50(5)6/h25-35,41,68-69,87H,6-24,52-53H2,1-5H3,(H,56,79)(H,58,77)(H,59,78)(H,60,70)(H,61,71)(H,62,72)(H,63,80)(H,64,81)(H,65,84)(H,66,82)(H,67,83)(H,73,74)(H,75,76)(H,85,86)(H4,54,55,57);9-20,25-26,28,34-35,49,51H,7-8,21-24H2,1-6H3,(H,43,55)(H,45,54)(H,46,53)(H4,41,42,44)/t27?,28-,29-,30-,31-,32-,33-,34-,35-,41-;26-,28+,34-,35-/m00/s1. The summed E-state index contributed by atoms with van der Waals surface area (Å²) in [5.74, 6) is -19.3. The average Bonchev–Trinajstić information content (AvgIpc) is 0.815. The summed E-state index contributed by atoms with van der Waals surface area (Å²) in [7, 11) is 1.01. The second-order valence-corrected chi connectivity index (χ2v) is 37.6. The number of phenolic OH excluding ortho intramolecular Hbond substituents is 1. The van der Waals surface area contributed by atoms with E-state index in [1.54, 1.807) is 52.0 Å². The van der Waals surface area contributed by atoms with Gasteiger partial charge in [0.05, 0.1) is 67.0 Å². The number of benzene rings is 3. The van der Waals surface area contributed by atoms with Crippen molar-refractivity contribution in [2.75, 3.05) is 77.7 Å². The number of Topliss-reactive ketones (excluding diaryl/α,β-unsaturated/α-hetero) is 1. The summed E-state index contributed by atoms with van der Waals surface area (Å²) in [4.78, 5) is 243. The minimum absolute atomic E-state index is 0.00288. The van der Waals surface area contributed by atoms with Gasteiger partial charge in [0.25, 0.3) is 0 Å². The van der Waals surface area contributed by atoms with Crippen LogP contribution in [-0.4, -0.2) is 309 Å². The number of carboxylic acids is 3. The summed E-state index contributed by atoms with van der Waals surface area (Å²) in [6, 6.07) is 1.88. The minimum atomic E-state index is -4.30. The highest BCUT2D eigenvalue weighted by molar-refractivity contribution is 7.89. The van der Waals surface area contributed by atoms with Crippen LogP contribution in [0.3, 0.4) is 0 Å². The Balaban J connectivity index is 0.00000106. The van der Waals surface area contributed by atoms with Crippen molar-refractivity contribution in [2.24, 2.45) is 78.3 Å². The molecule has 0 saturated carbocycles. The summed E-state index contributed by atoms with van der Waals surface area (Å²) in [6.45, 7) is 11.0. The Morgan fingerprint density at radius 3 is 1.39 bits per heavy atom. The van der Waals surface area contributed by atoms with E-state index in [9.17, 15) is 125 Å². The number of aliphatic hydroxyl groups excluding tert-OH is 2. The molecule has 14 amide bonds. The van der Waals surface area contributed by atoms with Crippen LogP contribution < -0.4 is 118 Å². The molecule has 52 nitrogen and oxygen atoms in total. The fourth-order valence-electron chi connectivity index (χ4n) is 13.6. The van der Waals surface area contributed by atoms with E-state index in [0.717, 1.165) is 12.6 Å². The molecule has 1 unspecified atom stereocenters. The number of aliphatic hydroxyl groups is 2. The van der Waals surface area contributed by atoms with Crippen LogP contribution in [0.25, 0.3) is 0 Å². The maximum atomic E-state index is 14.2. The number of hydrogen-bond donors (Lipinski definition) is 28. The number of guanidine groups is 2. The number of amides is 14. The predicted molar refractivity (Wildman–Crippen MR) is 536 cm³/mol. The van der Waals surface area contributed by atoms with Gasteiger partial charge in [-0.25, -0.2) is 17.9 Å². The van der Waals surface area contributed by atoms with Crippen LogP contribution in [0.4, 0.5) is 17.1 Å². The van der Waals surface area contributed by atoms with Crippen molar-refractivity contribution >= 4 is 158 Å². The van der Waals surface area contributed by atoms with Gasteiger partial charge in [0.1, 0.15) is 66.2 Å². The molecule has 0 heterocycles. The molecule has 0 aromatic heterocycles. The molecule has 0 fully saturated rings. The molecular formula is C91H146N26O26S2. The van der Waals surface area contributed by atoms with Gasteiger partial charge in [0.15, 0.2) is 17.7 Å². The van der Waals surface area contributed by atoms with E-state index < -0.39 is 234 Å². The number of carboxylic acid groups (broad SMARTS) is 3. The van der Waals surface area contributed by atoms with Gasteiger partial charge >= 0.3 is 17.9 Å². The summed E-state index contributed by atoms with van der Waals surface area (Å²) in [6.07, 6.45) is -2.66. The fourth-order valence-corrected chi connectivity index (χ4v) is 15.0. The van der Waals surface area contributed by atoms with E-state index in [1.165, 1.54) is 50.4 Å². The van der Waals surface area contributed by atoms with Crippen molar-refractivity contribution in [1.82, 2.24) is 79.2 Å². The van der Waals surface area contributed by atoms with Gasteiger partial charge in [0.2, 0.25) is 92.7 Å². The number of likely N-dealkylation sites (N-methyl/N-ethyl adjacent to an activating group) is 1. The van der Waals surface area contributed by atoms with Crippen molar-refractivity contribution in [2.45, 2.75) is 248 Å². The summed E-state index contributed by atoms with van der Waals surface area (Å²) in [5.41, 5.74) is 35.5. The lowest BCUT2D eigenvalue weighted by Gasteiger charge is -2.28. The van der Waals surface area contributed by atoms with E-state index in [1.807, 2.05) is 45.0 Å². The number of carbonyl (C=O) groups is 18. The van der Waals surface area contributed by atoms with Gasteiger partial charge in [-0.15, -0.1) is 0 Å². The third kappa shape index (κ3) is 51.8. The van der Waals surface area contributed by atoms with Gasteiger partial charge in [-0.2, -0.15) is 22.9 Å². The van der Waals surface area contributed by atoms with E-state index in [4.69, 9.17) is 34.4 Å². The maximum Gasteiger partial charge on any atom is 0.327 e. The highest BCUT2D eigenvalue weighted by atomic mass is 32.2. The first-order chi connectivity index (χ1) is 68.1. The Kier molecular flexibility index (Phi) is 58.7. The second-order valence-electron chi connectivity index (χ2n) is 35.5. The zero-order valence-electron chi connectivity index (χ0n) is 83.3. The number of azo groups is 1. The molecule has 0 aliphatic heterocycles. The van der Waals surface area contributed by atoms with E-state index in [2.05, 4.69) is 112 Å². The van der Waals surface area contributed by atoms with Crippen LogP contribution in [-0.2, 0) is 103 Å². The first-order valence-corrected chi connectivity index (χ1v) is 49.1. The highest BCUT2D eigenvalue weighted by Gasteiger charge is 2.39. The maximum absolute atomic E-state index is 14.2. The monoisotopic (exact) mass is 2080 g/mol. The molecular weight excluding hydrogens is 1940 g/mol. The number of carbonyl (C=O) groups excluding carboxylic acids is 15. The van der Waals surface area contributed by atoms with Crippen molar-refractivity contribution in [1.29, 1.82) is 0 Å². The molecule has 3 aromatic carbocycles. The number of rotatable bonds is 67. The molecule has 54 heteroatoms. The fraction of sp³-hybridized carbons (Fsp3) is 0.582. The lowest BCUT2D eigenvalue weighted by molar-refractivity contribution is -0.142. The number of nitrogens with one attached hydrogen (secondary N) is 15. The number of phenols is 1. The van der Waals surface area contributed by atoms with Crippen molar-refractivity contribution in [3.8, 4) is 5.75 Å². The van der Waals surface area contributed by atoms with Gasteiger partial charge in [-0.1, -0.05) is 53.7 Å². The number of hydrogen-bond acceptors (Lipinski definition) is 31. The molecule has 808 valence electrons. The zero-order chi connectivity index (χ0) is 110. The Morgan fingerprint density at radius 1 is 0.448 bits per heavy atom. The smallest absolute Gasteiger partial charge is 0.327 e. The third-order valence-electron chi connectivity index (χ3n) is 21.3. The normalized spacial score (nSPS) is 14.1. The molecule has 0 aliphatic carbocycles. The van der Waals surface area contributed by atoms with E-state index in [0.29, 0.717) is 36.2 Å². The summed E-state index contributed by atoms with van der Waals surface area (Å²) < 4.78 is 30.0. The molecule has 3 aromatic rings. The average molecular weight is 2080 g/mol. The second kappa shape index (κ2) is 66.9. The van der Waals surface area contributed by atoms with Crippen LogP contribution in [0.1, 0.15) is 164 Å². The van der Waals surface area contributed by atoms with Crippen LogP contribution in [0, 0.1) is 23.7 Å². The molecule has 3 rings (SSSR count). The van der Waals surface area contributed by atoms with Gasteiger partial charge < -0.3 is 144 Å². The van der Waals surface area contributed by atoms with E-state index in [-0.39, 0.29) is 149 Å². The Hall–Kier alpha value is -13.8. The number of aliphatic imine (C=N–C) groups is 2. The third-order valence-corrected chi connectivity index (χ3v) is 23.1. The highest BCUT2D eigenvalue weighted by Crippen LogP contribution is 2.25. The van der Waals surface area contributed by atoms with Gasteiger partial charge in [0, 0.05) is 71.0 Å². The number of nitrogens with two attached hydrogens (primary N) is 6. The van der Waals surface area contributed by atoms with Crippen LogP contribution in [0.15, 0.2) is 97.9 Å². The number of thiol groups is 1.